The van der Waals surface area contributed by atoms with Crippen molar-refractivity contribution in [2.45, 2.75) is 118 Å². The van der Waals surface area contributed by atoms with E-state index < -0.39 is 11.6 Å². The van der Waals surface area contributed by atoms with Gasteiger partial charge in [0.25, 0.3) is 0 Å². The Morgan fingerprint density at radius 1 is 0.419 bits per heavy atom. The lowest BCUT2D eigenvalue weighted by molar-refractivity contribution is 0.267. The molecule has 382 valence electrons. The third kappa shape index (κ3) is 9.33. The number of unbranched alkanes of at least 4 members (excludes halogenated alkanes) is 1. The molecule has 6 aromatic carbocycles. The average molecular weight is 1030 g/mol. The van der Waals surface area contributed by atoms with E-state index in [-0.39, 0.29) is 33.2 Å². The molecule has 0 saturated heterocycles. The number of halogens is 2. The van der Waals surface area contributed by atoms with E-state index in [4.69, 9.17) is 9.47 Å². The van der Waals surface area contributed by atoms with Crippen LogP contribution in [0.25, 0.3) is 75.9 Å². The summed E-state index contributed by atoms with van der Waals surface area (Å²) in [7, 11) is 0. The summed E-state index contributed by atoms with van der Waals surface area (Å²) in [6.07, 6.45) is 1.19. The molecule has 0 unspecified atom stereocenters. The average Bonchev–Trinajstić information content (AvgIpc) is 4.08. The topological polar surface area (TPSA) is 68.8 Å². The fourth-order valence-electron chi connectivity index (χ4n) is 10.00. The molecule has 0 aliphatic heterocycles. The Hall–Kier alpha value is -6.62. The second-order valence-electron chi connectivity index (χ2n) is 23.9. The number of nitrogens with zero attached hydrogens (tertiary/aromatic N) is 2. The highest BCUT2D eigenvalue weighted by atomic mass is 32.1. The highest BCUT2D eigenvalue weighted by Gasteiger charge is 2.27. The van der Waals surface area contributed by atoms with Crippen LogP contribution in [0.15, 0.2) is 120 Å². The number of aromatic hydroxyl groups is 2. The number of hydrogen-bond donors (Lipinski definition) is 2. The van der Waals surface area contributed by atoms with Crippen LogP contribution < -0.4 is 9.47 Å². The first-order valence-electron chi connectivity index (χ1n) is 25.5. The summed E-state index contributed by atoms with van der Waals surface area (Å²) in [4.78, 5) is 1.02. The molecular weight excluding hydrogens is 963 g/mol. The highest BCUT2D eigenvalue weighted by molar-refractivity contribution is 7.14. The van der Waals surface area contributed by atoms with Gasteiger partial charge in [-0.25, -0.2) is 8.78 Å². The smallest absolute Gasteiger partial charge is 0.158 e. The molecule has 4 heterocycles. The van der Waals surface area contributed by atoms with E-state index >= 15 is 8.78 Å². The van der Waals surface area contributed by atoms with Crippen molar-refractivity contribution in [3.8, 4) is 55.3 Å². The van der Waals surface area contributed by atoms with Crippen molar-refractivity contribution >= 4 is 66.3 Å². The van der Waals surface area contributed by atoms with Crippen molar-refractivity contribution in [1.82, 2.24) is 9.13 Å². The van der Waals surface area contributed by atoms with Gasteiger partial charge in [-0.05, 0) is 142 Å². The highest BCUT2D eigenvalue weighted by Crippen LogP contribution is 2.49. The Morgan fingerprint density at radius 3 is 1.00 bits per heavy atom. The molecule has 0 fully saturated rings. The zero-order chi connectivity index (χ0) is 52.8. The van der Waals surface area contributed by atoms with Crippen LogP contribution in [0, 0.1) is 11.6 Å². The molecular formula is C64H66F2N2O4S2. The molecule has 10 heteroatoms. The molecule has 74 heavy (non-hydrogen) atoms. The molecule has 10 rings (SSSR count). The summed E-state index contributed by atoms with van der Waals surface area (Å²) in [5, 5.41) is 32.5. The van der Waals surface area contributed by atoms with Gasteiger partial charge in [0.2, 0.25) is 0 Å². The minimum atomic E-state index is -0.435. The largest absolute Gasteiger partial charge is 0.504 e. The van der Waals surface area contributed by atoms with Crippen LogP contribution in [0.4, 0.5) is 8.78 Å². The number of fused-ring (bicyclic) bond motifs is 6. The van der Waals surface area contributed by atoms with Gasteiger partial charge in [-0.15, -0.1) is 22.7 Å². The van der Waals surface area contributed by atoms with Gasteiger partial charge in [-0.1, -0.05) is 107 Å². The Kier molecular flexibility index (Phi) is 12.8. The Balaban J connectivity index is 0.877. The monoisotopic (exact) mass is 1030 g/mol. The van der Waals surface area contributed by atoms with Gasteiger partial charge in [0.15, 0.2) is 11.5 Å². The van der Waals surface area contributed by atoms with E-state index in [1.54, 1.807) is 12.1 Å². The predicted octanol–water partition coefficient (Wildman–Crippen LogP) is 18.5. The number of ether oxygens (including phenoxy) is 2. The lowest BCUT2D eigenvalue weighted by atomic mass is 9.85. The van der Waals surface area contributed by atoms with Gasteiger partial charge >= 0.3 is 0 Å². The molecule has 0 atom stereocenters. The van der Waals surface area contributed by atoms with Crippen LogP contribution in [-0.4, -0.2) is 32.6 Å². The third-order valence-corrected chi connectivity index (χ3v) is 16.4. The minimum absolute atomic E-state index is 0.0517. The van der Waals surface area contributed by atoms with Crippen LogP contribution >= 0.6 is 22.7 Å². The van der Waals surface area contributed by atoms with E-state index in [1.807, 2.05) is 10.8 Å². The van der Waals surface area contributed by atoms with Crippen LogP contribution in [0.1, 0.15) is 118 Å². The van der Waals surface area contributed by atoms with Crippen LogP contribution in [0.2, 0.25) is 0 Å². The van der Waals surface area contributed by atoms with Crippen molar-refractivity contribution in [2.24, 2.45) is 0 Å². The second kappa shape index (κ2) is 18.6. The van der Waals surface area contributed by atoms with Crippen molar-refractivity contribution in [3.63, 3.8) is 0 Å². The van der Waals surface area contributed by atoms with Crippen molar-refractivity contribution in [2.75, 3.05) is 13.2 Å². The fourth-order valence-corrected chi connectivity index (χ4v) is 11.9. The Labute approximate surface area is 441 Å². The second-order valence-corrected chi connectivity index (χ2v) is 25.6. The van der Waals surface area contributed by atoms with Gasteiger partial charge in [0.1, 0.15) is 23.1 Å². The Bertz CT molecular complexity index is 3400. The first kappa shape index (κ1) is 50.9. The van der Waals surface area contributed by atoms with E-state index in [0.717, 1.165) is 43.6 Å². The zero-order valence-corrected chi connectivity index (χ0v) is 46.2. The molecule has 0 radical (unpaired) electrons. The minimum Gasteiger partial charge on any atom is -0.504 e. The van der Waals surface area contributed by atoms with Gasteiger partial charge < -0.3 is 28.8 Å². The van der Waals surface area contributed by atoms with Crippen LogP contribution in [0.3, 0.4) is 0 Å². The Morgan fingerprint density at radius 2 is 0.716 bits per heavy atom. The van der Waals surface area contributed by atoms with Gasteiger partial charge in [-0.3, -0.25) is 0 Å². The number of hydrogen-bond acceptors (Lipinski definition) is 6. The zero-order valence-electron chi connectivity index (χ0n) is 44.6. The molecule has 0 saturated carbocycles. The number of rotatable bonds is 11. The number of aromatic nitrogens is 2. The molecule has 0 aliphatic rings. The maximum atomic E-state index is 15.1. The van der Waals surface area contributed by atoms with Crippen LogP contribution in [0.5, 0.6) is 23.0 Å². The van der Waals surface area contributed by atoms with Crippen LogP contribution in [-0.2, 0) is 21.7 Å². The first-order valence-corrected chi connectivity index (χ1v) is 27.3. The molecule has 2 N–H and O–H groups in total. The molecule has 0 bridgehead atoms. The molecule has 0 amide bonds. The molecule has 4 aromatic heterocycles. The van der Waals surface area contributed by atoms with E-state index in [9.17, 15) is 10.2 Å². The molecule has 6 nitrogen and oxygen atoms in total. The summed E-state index contributed by atoms with van der Waals surface area (Å²) >= 11 is 2.70. The number of benzene rings is 6. The summed E-state index contributed by atoms with van der Waals surface area (Å²) in [6.45, 7) is 27.2. The lowest BCUT2D eigenvalue weighted by Crippen LogP contribution is -2.10. The standard InChI is InChI=1S/C64H66F2N2O4S2/c1-61(2,3)37-15-21-49-43(29-37)44-30-38(62(4,5)6)16-22-50(44)67(49)53-35-73-59(57(53)69)47-33-41(65)19-25-55(47)71-27-13-14-28-72-56-26-20-42(66)34-48(56)60-58(70)54(36-74-60)68-51-23-17-39(63(7,8)9)31-45(51)46-32-40(64(10,11)12)18-24-52(46)68/h15-26,29-36,69-70H,13-14,27-28H2,1-12H3. The predicted molar refractivity (Wildman–Crippen MR) is 306 cm³/mol. The van der Waals surface area contributed by atoms with Gasteiger partial charge in [0, 0.05) is 43.4 Å². The third-order valence-electron chi connectivity index (χ3n) is 14.4. The van der Waals surface area contributed by atoms with E-state index in [2.05, 4.69) is 165 Å². The quantitative estimate of drug-likeness (QED) is 0.127. The lowest BCUT2D eigenvalue weighted by Gasteiger charge is -2.19. The van der Waals surface area contributed by atoms with E-state index in [1.165, 1.54) is 69.2 Å². The maximum absolute atomic E-state index is 15.1. The molecule has 0 aliphatic carbocycles. The van der Waals surface area contributed by atoms with Crippen molar-refractivity contribution in [3.05, 3.63) is 154 Å². The SMILES string of the molecule is CC(C)(C)c1ccc2c(c1)c1cc(C(C)(C)C)ccc1n2-c1csc(-c2cc(F)ccc2OCCCCOc2ccc(F)cc2-c2scc(-n3c4ccc(C(C)(C)C)cc4c4cc(C(C)(C)C)ccc43)c2O)c1O. The number of thiophene rings is 2. The maximum Gasteiger partial charge on any atom is 0.158 e. The van der Waals surface area contributed by atoms with Crippen molar-refractivity contribution < 1.29 is 28.5 Å². The normalized spacial score (nSPS) is 12.8. The molecule has 0 spiro atoms. The van der Waals surface area contributed by atoms with E-state index in [0.29, 0.717) is 69.8 Å². The summed E-state index contributed by atoms with van der Waals surface area (Å²) in [6, 6.07) is 35.1. The fraction of sp³-hybridized carbons (Fsp3) is 0.312. The summed E-state index contributed by atoms with van der Waals surface area (Å²) in [5.41, 5.74) is 10.8. The van der Waals surface area contributed by atoms with Crippen molar-refractivity contribution in [1.29, 1.82) is 0 Å². The van der Waals surface area contributed by atoms with Gasteiger partial charge in [-0.2, -0.15) is 0 Å². The summed E-state index contributed by atoms with van der Waals surface area (Å²) in [5.74, 6) is 0.150. The first-order chi connectivity index (χ1) is 34.9. The molecule has 10 aromatic rings. The summed E-state index contributed by atoms with van der Waals surface area (Å²) < 4.78 is 47.1. The van der Waals surface area contributed by atoms with Gasteiger partial charge in [0.05, 0.1) is 56.4 Å².